The van der Waals surface area contributed by atoms with Crippen molar-refractivity contribution in [1.29, 1.82) is 0 Å². The number of carbonyl (C=O) groups excluding carboxylic acids is 1. The topological polar surface area (TPSA) is 88.4 Å². The van der Waals surface area contributed by atoms with Crippen molar-refractivity contribution in [2.75, 3.05) is 19.0 Å². The highest BCUT2D eigenvalue weighted by atomic mass is 16.5. The first-order valence-corrected chi connectivity index (χ1v) is 8.89. The molecule has 0 unspecified atom stereocenters. The van der Waals surface area contributed by atoms with E-state index >= 15 is 0 Å². The third-order valence-electron chi connectivity index (χ3n) is 4.64. The summed E-state index contributed by atoms with van der Waals surface area (Å²) in [5, 5.41) is 14.1. The molecular formula is C21H20N4O3. The first-order valence-electron chi connectivity index (χ1n) is 8.89. The summed E-state index contributed by atoms with van der Waals surface area (Å²) in [4.78, 5) is 16.8. The monoisotopic (exact) mass is 376 g/mol. The number of para-hydroxylation sites is 2. The van der Waals surface area contributed by atoms with Crippen LogP contribution in [0.3, 0.4) is 0 Å². The number of hydroxylamine groups is 1. The first kappa shape index (κ1) is 18.0. The van der Waals surface area contributed by atoms with Crippen LogP contribution in [0, 0.1) is 0 Å². The Labute approximate surface area is 161 Å². The fourth-order valence-electron chi connectivity index (χ4n) is 3.34. The molecular weight excluding hydrogens is 356 g/mol. The van der Waals surface area contributed by atoms with Crippen molar-refractivity contribution >= 4 is 39.3 Å². The van der Waals surface area contributed by atoms with Gasteiger partial charge in [-0.3, -0.25) is 10.0 Å². The van der Waals surface area contributed by atoms with E-state index < -0.39 is 5.91 Å². The molecule has 1 amide bonds. The number of hydrogen-bond acceptors (Lipinski definition) is 5. The summed E-state index contributed by atoms with van der Waals surface area (Å²) in [5.74, 6) is 0.0941. The van der Waals surface area contributed by atoms with Crippen molar-refractivity contribution < 1.29 is 14.7 Å². The molecule has 4 rings (SSSR count). The lowest BCUT2D eigenvalue weighted by Gasteiger charge is -2.13. The molecule has 142 valence electrons. The Balaban J connectivity index is 1.81. The van der Waals surface area contributed by atoms with Crippen LogP contribution >= 0.6 is 0 Å². The zero-order valence-corrected chi connectivity index (χ0v) is 15.3. The fourth-order valence-corrected chi connectivity index (χ4v) is 3.34. The van der Waals surface area contributed by atoms with Gasteiger partial charge >= 0.3 is 0 Å². The molecule has 0 atom stereocenters. The number of imidazole rings is 1. The summed E-state index contributed by atoms with van der Waals surface area (Å²) in [6.07, 6.45) is 0. The predicted molar refractivity (Wildman–Crippen MR) is 108 cm³/mol. The first-order chi connectivity index (χ1) is 13.7. The molecule has 0 aliphatic carbocycles. The van der Waals surface area contributed by atoms with Crippen LogP contribution in [-0.2, 0) is 11.3 Å². The second-order valence-electron chi connectivity index (χ2n) is 6.38. The van der Waals surface area contributed by atoms with Gasteiger partial charge in [0.15, 0.2) is 0 Å². The van der Waals surface area contributed by atoms with E-state index in [0.717, 1.165) is 21.8 Å². The van der Waals surface area contributed by atoms with Crippen molar-refractivity contribution in [2.24, 2.45) is 0 Å². The van der Waals surface area contributed by atoms with Gasteiger partial charge in [-0.2, -0.15) is 0 Å². The van der Waals surface area contributed by atoms with Gasteiger partial charge in [0.2, 0.25) is 5.95 Å². The lowest BCUT2D eigenvalue weighted by atomic mass is 10.0. The number of fused-ring (bicyclic) bond motifs is 2. The lowest BCUT2D eigenvalue weighted by Crippen LogP contribution is -2.19. The summed E-state index contributed by atoms with van der Waals surface area (Å²) in [6, 6.07) is 19.0. The molecule has 4 aromatic rings. The van der Waals surface area contributed by atoms with E-state index in [-0.39, 0.29) is 0 Å². The molecule has 3 N–H and O–H groups in total. The van der Waals surface area contributed by atoms with E-state index in [1.807, 2.05) is 59.2 Å². The van der Waals surface area contributed by atoms with Crippen LogP contribution in [0.5, 0.6) is 0 Å². The molecule has 0 aliphatic heterocycles. The van der Waals surface area contributed by atoms with Crippen LogP contribution < -0.4 is 10.8 Å². The Morgan fingerprint density at radius 2 is 1.93 bits per heavy atom. The fraction of sp³-hybridized carbons (Fsp3) is 0.143. The van der Waals surface area contributed by atoms with Crippen molar-refractivity contribution in [3.05, 3.63) is 66.2 Å². The number of hydrogen-bond donors (Lipinski definition) is 3. The van der Waals surface area contributed by atoms with Crippen LogP contribution in [0.25, 0.3) is 21.8 Å². The quantitative estimate of drug-likeness (QED) is 0.353. The number of carbonyl (C=O) groups is 1. The standard InChI is InChI=1S/C21H20N4O3/c1-28-11-10-25-19-9-5-4-8-18(19)23-21(25)22-15-12-14-6-2-3-7-16(14)17(13-15)20(26)24-27/h2-9,12-13,27H,10-11H2,1H3,(H,22,23)(H,24,26). The third-order valence-corrected chi connectivity index (χ3v) is 4.64. The van der Waals surface area contributed by atoms with E-state index in [2.05, 4.69) is 10.3 Å². The van der Waals surface area contributed by atoms with Gasteiger partial charge < -0.3 is 14.6 Å². The molecule has 7 nitrogen and oxygen atoms in total. The maximum absolute atomic E-state index is 12.2. The third kappa shape index (κ3) is 3.28. The minimum atomic E-state index is -0.562. The SMILES string of the molecule is COCCn1c(Nc2cc(C(=O)NO)c3ccccc3c2)nc2ccccc21. The van der Waals surface area contributed by atoms with Crippen molar-refractivity contribution in [3.8, 4) is 0 Å². The molecule has 1 aromatic heterocycles. The van der Waals surface area contributed by atoms with Gasteiger partial charge in [0.05, 0.1) is 23.2 Å². The zero-order chi connectivity index (χ0) is 19.5. The van der Waals surface area contributed by atoms with Crippen LogP contribution in [-0.4, -0.2) is 34.4 Å². The largest absolute Gasteiger partial charge is 0.383 e. The van der Waals surface area contributed by atoms with E-state index in [1.165, 1.54) is 0 Å². The number of ether oxygens (including phenoxy) is 1. The molecule has 0 fully saturated rings. The Hall–Kier alpha value is -3.42. The number of nitrogens with one attached hydrogen (secondary N) is 2. The van der Waals surface area contributed by atoms with Gasteiger partial charge in [0, 0.05) is 19.3 Å². The molecule has 0 aliphatic rings. The summed E-state index contributed by atoms with van der Waals surface area (Å²) >= 11 is 0. The molecule has 0 radical (unpaired) electrons. The minimum Gasteiger partial charge on any atom is -0.383 e. The molecule has 0 spiro atoms. The highest BCUT2D eigenvalue weighted by Gasteiger charge is 2.14. The van der Waals surface area contributed by atoms with Gasteiger partial charge in [-0.1, -0.05) is 36.4 Å². The smallest absolute Gasteiger partial charge is 0.275 e. The maximum Gasteiger partial charge on any atom is 0.275 e. The number of rotatable bonds is 6. The molecule has 0 saturated heterocycles. The molecule has 28 heavy (non-hydrogen) atoms. The average molecular weight is 376 g/mol. The Kier molecular flexibility index (Phi) is 4.92. The van der Waals surface area contributed by atoms with Crippen LogP contribution in [0.2, 0.25) is 0 Å². The predicted octanol–water partition coefficient (Wildman–Crippen LogP) is 3.70. The van der Waals surface area contributed by atoms with Crippen molar-refractivity contribution in [2.45, 2.75) is 6.54 Å². The number of methoxy groups -OCH3 is 1. The van der Waals surface area contributed by atoms with Gasteiger partial charge in [-0.25, -0.2) is 10.5 Å². The Morgan fingerprint density at radius 3 is 2.75 bits per heavy atom. The summed E-state index contributed by atoms with van der Waals surface area (Å²) in [7, 11) is 1.66. The van der Waals surface area contributed by atoms with Gasteiger partial charge in [0.25, 0.3) is 5.91 Å². The van der Waals surface area contributed by atoms with Crippen LogP contribution in [0.4, 0.5) is 11.6 Å². The Bertz CT molecular complexity index is 1150. The molecule has 1 heterocycles. The number of anilines is 2. The lowest BCUT2D eigenvalue weighted by molar-refractivity contribution is 0.0708. The molecule has 3 aromatic carbocycles. The number of nitrogens with zero attached hydrogens (tertiary/aromatic N) is 2. The minimum absolute atomic E-state index is 0.377. The Morgan fingerprint density at radius 1 is 1.14 bits per heavy atom. The molecule has 0 saturated carbocycles. The second-order valence-corrected chi connectivity index (χ2v) is 6.38. The number of aromatic nitrogens is 2. The second kappa shape index (κ2) is 7.67. The normalized spacial score (nSPS) is 11.1. The van der Waals surface area contributed by atoms with Crippen molar-refractivity contribution in [1.82, 2.24) is 15.0 Å². The van der Waals surface area contributed by atoms with E-state index in [1.54, 1.807) is 18.7 Å². The number of amides is 1. The molecule has 0 bridgehead atoms. The maximum atomic E-state index is 12.2. The summed E-state index contributed by atoms with van der Waals surface area (Å²) < 4.78 is 7.28. The van der Waals surface area contributed by atoms with E-state index in [0.29, 0.717) is 30.4 Å². The highest BCUT2D eigenvalue weighted by molar-refractivity contribution is 6.08. The summed E-state index contributed by atoms with van der Waals surface area (Å²) in [6.45, 7) is 1.18. The van der Waals surface area contributed by atoms with Gasteiger partial charge in [-0.05, 0) is 35.0 Å². The van der Waals surface area contributed by atoms with Gasteiger partial charge in [0.1, 0.15) is 0 Å². The zero-order valence-electron chi connectivity index (χ0n) is 15.3. The van der Waals surface area contributed by atoms with Gasteiger partial charge in [-0.15, -0.1) is 0 Å². The van der Waals surface area contributed by atoms with E-state index in [4.69, 9.17) is 9.94 Å². The average Bonchev–Trinajstić information content (AvgIpc) is 3.07. The summed E-state index contributed by atoms with van der Waals surface area (Å²) in [5.41, 5.74) is 4.67. The van der Waals surface area contributed by atoms with Crippen LogP contribution in [0.15, 0.2) is 60.7 Å². The molecule has 7 heteroatoms. The van der Waals surface area contributed by atoms with E-state index in [9.17, 15) is 4.79 Å². The number of benzene rings is 3. The van der Waals surface area contributed by atoms with Crippen LogP contribution in [0.1, 0.15) is 10.4 Å². The highest BCUT2D eigenvalue weighted by Crippen LogP contribution is 2.28. The van der Waals surface area contributed by atoms with Crippen molar-refractivity contribution in [3.63, 3.8) is 0 Å².